The zero-order chi connectivity index (χ0) is 13.4. The number of aromatic nitrogens is 1. The van der Waals surface area contributed by atoms with Crippen molar-refractivity contribution in [3.8, 4) is 0 Å². The summed E-state index contributed by atoms with van der Waals surface area (Å²) in [5.41, 5.74) is 4.82. The molecule has 0 aliphatic heterocycles. The molecule has 0 spiro atoms. The summed E-state index contributed by atoms with van der Waals surface area (Å²) in [5.74, 6) is 0.0649. The number of hydrogen-bond acceptors (Lipinski definition) is 1. The second-order valence-electron chi connectivity index (χ2n) is 4.95. The quantitative estimate of drug-likeness (QED) is 0.684. The molecular weight excluding hydrogens is 234 g/mol. The van der Waals surface area contributed by atoms with E-state index in [1.807, 2.05) is 50.2 Å². The van der Waals surface area contributed by atoms with Gasteiger partial charge in [0.2, 0.25) is 0 Å². The van der Waals surface area contributed by atoms with Crippen LogP contribution in [0.5, 0.6) is 0 Å². The van der Waals surface area contributed by atoms with Crippen molar-refractivity contribution >= 4 is 16.7 Å². The van der Waals surface area contributed by atoms with Crippen LogP contribution in [0.25, 0.3) is 10.9 Å². The van der Waals surface area contributed by atoms with E-state index in [2.05, 4.69) is 11.1 Å². The lowest BCUT2D eigenvalue weighted by atomic mass is 10.0. The maximum absolute atomic E-state index is 12.5. The third-order valence-corrected chi connectivity index (χ3v) is 3.40. The molecule has 2 nitrogen and oxygen atoms in total. The Bertz CT molecular complexity index is 751. The molecule has 94 valence electrons. The molecule has 2 heteroatoms. The lowest BCUT2D eigenvalue weighted by Crippen LogP contribution is -2.00. The number of rotatable bonds is 2. The molecule has 2 aromatic carbocycles. The molecule has 3 aromatic rings. The number of carbonyl (C=O) groups excluding carboxylic acids is 1. The van der Waals surface area contributed by atoms with Gasteiger partial charge in [-0.15, -0.1) is 0 Å². The van der Waals surface area contributed by atoms with Gasteiger partial charge >= 0.3 is 0 Å². The summed E-state index contributed by atoms with van der Waals surface area (Å²) < 4.78 is 0. The molecule has 1 aromatic heterocycles. The Morgan fingerprint density at radius 2 is 1.63 bits per heavy atom. The topological polar surface area (TPSA) is 32.9 Å². The van der Waals surface area contributed by atoms with E-state index in [1.54, 1.807) is 6.20 Å². The van der Waals surface area contributed by atoms with Crippen molar-refractivity contribution in [3.05, 3.63) is 70.9 Å². The molecule has 0 unspecified atom stereocenters. The molecule has 19 heavy (non-hydrogen) atoms. The van der Waals surface area contributed by atoms with E-state index < -0.39 is 0 Å². The van der Waals surface area contributed by atoms with Crippen molar-refractivity contribution in [1.29, 1.82) is 0 Å². The van der Waals surface area contributed by atoms with Crippen LogP contribution in [0.2, 0.25) is 0 Å². The standard InChI is InChI=1S/C17H15NO/c1-11-3-6-13(7-4-11)17(19)15-10-18-16-9-12(2)5-8-14(15)16/h3-10,18H,1-2H3. The van der Waals surface area contributed by atoms with Gasteiger partial charge in [0.25, 0.3) is 0 Å². The number of aromatic amines is 1. The van der Waals surface area contributed by atoms with Crippen molar-refractivity contribution in [2.45, 2.75) is 13.8 Å². The second kappa shape index (κ2) is 4.39. The summed E-state index contributed by atoms with van der Waals surface area (Å²) in [5, 5.41) is 0.983. The van der Waals surface area contributed by atoms with Crippen LogP contribution >= 0.6 is 0 Å². The first kappa shape index (κ1) is 11.7. The zero-order valence-electron chi connectivity index (χ0n) is 11.0. The fourth-order valence-electron chi connectivity index (χ4n) is 2.29. The van der Waals surface area contributed by atoms with Crippen LogP contribution in [-0.4, -0.2) is 10.8 Å². The Balaban J connectivity index is 2.09. The number of carbonyl (C=O) groups is 1. The van der Waals surface area contributed by atoms with Crippen LogP contribution in [0.15, 0.2) is 48.7 Å². The fraction of sp³-hybridized carbons (Fsp3) is 0.118. The minimum absolute atomic E-state index is 0.0649. The molecule has 1 heterocycles. The lowest BCUT2D eigenvalue weighted by molar-refractivity contribution is 0.104. The van der Waals surface area contributed by atoms with E-state index in [-0.39, 0.29) is 5.78 Å². The average Bonchev–Trinajstić information content (AvgIpc) is 2.81. The van der Waals surface area contributed by atoms with Gasteiger partial charge in [-0.05, 0) is 25.5 Å². The number of aryl methyl sites for hydroxylation is 2. The van der Waals surface area contributed by atoms with Gasteiger partial charge in [-0.2, -0.15) is 0 Å². The second-order valence-corrected chi connectivity index (χ2v) is 4.95. The largest absolute Gasteiger partial charge is 0.360 e. The van der Waals surface area contributed by atoms with Crippen molar-refractivity contribution in [2.24, 2.45) is 0 Å². The predicted octanol–water partition coefficient (Wildman–Crippen LogP) is 4.02. The molecule has 0 aliphatic rings. The number of H-pyrrole nitrogens is 1. The van der Waals surface area contributed by atoms with E-state index in [9.17, 15) is 4.79 Å². The number of ketones is 1. The SMILES string of the molecule is Cc1ccc(C(=O)c2c[nH]c3cc(C)ccc23)cc1. The number of benzene rings is 2. The summed E-state index contributed by atoms with van der Waals surface area (Å²) in [7, 11) is 0. The maximum Gasteiger partial charge on any atom is 0.195 e. The van der Waals surface area contributed by atoms with Crippen molar-refractivity contribution < 1.29 is 4.79 Å². The molecule has 1 N–H and O–H groups in total. The molecule has 0 saturated heterocycles. The molecule has 0 atom stereocenters. The number of fused-ring (bicyclic) bond motifs is 1. The molecular formula is C17H15NO. The van der Waals surface area contributed by atoms with Crippen LogP contribution in [-0.2, 0) is 0 Å². The van der Waals surface area contributed by atoms with Crippen molar-refractivity contribution in [1.82, 2.24) is 4.98 Å². The normalized spacial score (nSPS) is 10.8. The lowest BCUT2D eigenvalue weighted by Gasteiger charge is -2.01. The monoisotopic (exact) mass is 249 g/mol. The van der Waals surface area contributed by atoms with E-state index in [1.165, 1.54) is 5.56 Å². The Morgan fingerprint density at radius 1 is 0.947 bits per heavy atom. The van der Waals surface area contributed by atoms with Crippen LogP contribution in [0.1, 0.15) is 27.0 Å². The minimum Gasteiger partial charge on any atom is -0.360 e. The highest BCUT2D eigenvalue weighted by Gasteiger charge is 2.13. The molecule has 0 amide bonds. The molecule has 0 aliphatic carbocycles. The maximum atomic E-state index is 12.5. The summed E-state index contributed by atoms with van der Waals surface area (Å²) in [6.07, 6.45) is 1.80. The van der Waals surface area contributed by atoms with Crippen LogP contribution in [0, 0.1) is 13.8 Å². The zero-order valence-corrected chi connectivity index (χ0v) is 11.0. The smallest absolute Gasteiger partial charge is 0.195 e. The van der Waals surface area contributed by atoms with Gasteiger partial charge in [-0.25, -0.2) is 0 Å². The summed E-state index contributed by atoms with van der Waals surface area (Å²) >= 11 is 0. The van der Waals surface area contributed by atoms with Gasteiger partial charge in [0.05, 0.1) is 0 Å². The van der Waals surface area contributed by atoms with E-state index in [4.69, 9.17) is 0 Å². The van der Waals surface area contributed by atoms with Gasteiger partial charge < -0.3 is 4.98 Å². The first-order valence-electron chi connectivity index (χ1n) is 6.34. The van der Waals surface area contributed by atoms with E-state index in [0.717, 1.165) is 27.6 Å². The molecule has 0 radical (unpaired) electrons. The first-order chi connectivity index (χ1) is 9.15. The fourth-order valence-corrected chi connectivity index (χ4v) is 2.29. The van der Waals surface area contributed by atoms with E-state index in [0.29, 0.717) is 0 Å². The highest BCUT2D eigenvalue weighted by atomic mass is 16.1. The Morgan fingerprint density at radius 3 is 2.37 bits per heavy atom. The number of nitrogens with one attached hydrogen (secondary N) is 1. The van der Waals surface area contributed by atoms with Gasteiger partial charge in [0.15, 0.2) is 5.78 Å². The summed E-state index contributed by atoms with van der Waals surface area (Å²) in [6, 6.07) is 13.8. The first-order valence-corrected chi connectivity index (χ1v) is 6.34. The summed E-state index contributed by atoms with van der Waals surface area (Å²) in [6.45, 7) is 4.06. The Hall–Kier alpha value is -2.35. The van der Waals surface area contributed by atoms with Gasteiger partial charge in [-0.1, -0.05) is 42.0 Å². The van der Waals surface area contributed by atoms with Gasteiger partial charge in [-0.3, -0.25) is 4.79 Å². The van der Waals surface area contributed by atoms with Crippen molar-refractivity contribution in [2.75, 3.05) is 0 Å². The molecule has 0 fully saturated rings. The molecule has 0 saturated carbocycles. The summed E-state index contributed by atoms with van der Waals surface area (Å²) in [4.78, 5) is 15.7. The minimum atomic E-state index is 0.0649. The number of hydrogen-bond donors (Lipinski definition) is 1. The van der Waals surface area contributed by atoms with Crippen LogP contribution in [0.4, 0.5) is 0 Å². The Kier molecular flexibility index (Phi) is 2.71. The van der Waals surface area contributed by atoms with Crippen LogP contribution in [0.3, 0.4) is 0 Å². The van der Waals surface area contributed by atoms with E-state index >= 15 is 0 Å². The predicted molar refractivity (Wildman–Crippen MR) is 77.6 cm³/mol. The van der Waals surface area contributed by atoms with Gasteiger partial charge in [0, 0.05) is 28.2 Å². The van der Waals surface area contributed by atoms with Crippen LogP contribution < -0.4 is 0 Å². The average molecular weight is 249 g/mol. The van der Waals surface area contributed by atoms with Crippen molar-refractivity contribution in [3.63, 3.8) is 0 Å². The molecule has 0 bridgehead atoms. The highest BCUT2D eigenvalue weighted by Crippen LogP contribution is 2.22. The molecule has 3 rings (SSSR count). The third kappa shape index (κ3) is 2.06. The third-order valence-electron chi connectivity index (χ3n) is 3.40. The Labute approximate surface area is 112 Å². The highest BCUT2D eigenvalue weighted by molar-refractivity contribution is 6.16. The van der Waals surface area contributed by atoms with Gasteiger partial charge in [0.1, 0.15) is 0 Å².